The van der Waals surface area contributed by atoms with Crippen molar-refractivity contribution in [1.82, 2.24) is 0 Å². The van der Waals surface area contributed by atoms with E-state index in [1.807, 2.05) is 0 Å². The number of hydrogen-bond donors (Lipinski definition) is 3. The summed E-state index contributed by atoms with van der Waals surface area (Å²) < 4.78 is 15.2. The Morgan fingerprint density at radius 1 is 1.08 bits per heavy atom. The van der Waals surface area contributed by atoms with Gasteiger partial charge in [-0.1, -0.05) is 0 Å². The summed E-state index contributed by atoms with van der Waals surface area (Å²) >= 11 is 0. The number of benzene rings is 1. The molecule has 1 aromatic heterocycles. The monoisotopic (exact) mass is 360 g/mol. The van der Waals surface area contributed by atoms with Crippen LogP contribution in [-0.4, -0.2) is 52.0 Å². The molecule has 128 valence electrons. The molecule has 0 spiro atoms. The second-order valence-corrected chi connectivity index (χ2v) is 5.29. The van der Waals surface area contributed by atoms with Crippen LogP contribution in [0.3, 0.4) is 0 Å². The van der Waals surface area contributed by atoms with Crippen LogP contribution in [0.25, 0.3) is 11.0 Å². The van der Waals surface area contributed by atoms with Crippen LogP contribution in [0.15, 0.2) is 39.5 Å². The number of hydrogen-bond acceptors (Lipinski definition) is 9. The van der Waals surface area contributed by atoms with E-state index in [2.05, 4.69) is 0 Å². The average molecular weight is 360 g/mol. The maximum Gasteiger partial charge on any atom is 1.00 e. The third-order valence-electron chi connectivity index (χ3n) is 3.65. The molecule has 0 aliphatic carbocycles. The maximum atomic E-state index is 11.2. The third kappa shape index (κ3) is 4.04. The van der Waals surface area contributed by atoms with Crippen LogP contribution in [-0.2, 0) is 9.53 Å². The number of fused-ring (bicyclic) bond motifs is 1. The van der Waals surface area contributed by atoms with Crippen molar-refractivity contribution >= 4 is 16.9 Å². The molecule has 0 amide bonds. The summed E-state index contributed by atoms with van der Waals surface area (Å²) in [6.45, 7) is 0. The van der Waals surface area contributed by atoms with Gasteiger partial charge in [-0.05, 0) is 18.2 Å². The van der Waals surface area contributed by atoms with E-state index in [0.29, 0.717) is 5.39 Å². The molecule has 2 aromatic rings. The first kappa shape index (κ1) is 19.9. The Kier molecular flexibility index (Phi) is 6.22. The third-order valence-corrected chi connectivity index (χ3v) is 3.65. The van der Waals surface area contributed by atoms with Gasteiger partial charge in [-0.15, -0.1) is 0 Å². The minimum Gasteiger partial charge on any atom is -0.547 e. The van der Waals surface area contributed by atoms with E-state index >= 15 is 0 Å². The van der Waals surface area contributed by atoms with Crippen LogP contribution in [0.4, 0.5) is 0 Å². The molecular formula is C15H13NaO9. The number of carboxylic acid groups (broad SMARTS) is 1. The van der Waals surface area contributed by atoms with Gasteiger partial charge in [0.2, 0.25) is 6.29 Å². The maximum absolute atomic E-state index is 11.2. The minimum absolute atomic E-state index is 0. The van der Waals surface area contributed by atoms with E-state index < -0.39 is 42.3 Å². The fraction of sp³-hybridized carbons (Fsp3) is 0.333. The topological polar surface area (TPSA) is 149 Å². The van der Waals surface area contributed by atoms with Crippen molar-refractivity contribution in [3.63, 3.8) is 0 Å². The Morgan fingerprint density at radius 3 is 2.44 bits per heavy atom. The summed E-state index contributed by atoms with van der Waals surface area (Å²) in [7, 11) is 0. The normalized spacial score (nSPS) is 29.0. The van der Waals surface area contributed by atoms with Crippen molar-refractivity contribution in [2.24, 2.45) is 0 Å². The fourth-order valence-electron chi connectivity index (χ4n) is 2.39. The molecule has 0 bridgehead atoms. The Hall–Kier alpha value is -1.46. The molecule has 9 nitrogen and oxygen atoms in total. The van der Waals surface area contributed by atoms with Crippen molar-refractivity contribution in [3.8, 4) is 5.75 Å². The minimum atomic E-state index is -1.87. The molecule has 1 aliphatic rings. The van der Waals surface area contributed by atoms with Gasteiger partial charge in [0.25, 0.3) is 0 Å². The molecule has 1 aromatic carbocycles. The zero-order chi connectivity index (χ0) is 17.4. The van der Waals surface area contributed by atoms with Crippen molar-refractivity contribution in [2.45, 2.75) is 30.7 Å². The van der Waals surface area contributed by atoms with Gasteiger partial charge in [0, 0.05) is 17.5 Å². The number of aliphatic hydroxyl groups excluding tert-OH is 3. The molecule has 25 heavy (non-hydrogen) atoms. The molecule has 1 fully saturated rings. The number of rotatable bonds is 3. The number of ether oxygens (including phenoxy) is 2. The van der Waals surface area contributed by atoms with Crippen LogP contribution in [0, 0.1) is 0 Å². The Bertz CT molecular complexity index is 820. The standard InChI is InChI=1S/C15H14O9.Na/c16-9-4-2-6-1-3-7(5-8(6)23-9)22-15-12(19)10(17)11(18)13(24-15)14(20)21;/h1-5,10-13,15,17-19H,(H,20,21);/q;+1/p-1. The van der Waals surface area contributed by atoms with Gasteiger partial charge < -0.3 is 39.1 Å². The van der Waals surface area contributed by atoms with Gasteiger partial charge >= 0.3 is 35.2 Å². The predicted octanol–water partition coefficient (Wildman–Crippen LogP) is -5.27. The SMILES string of the molecule is O=C([O-])C1OC(Oc2ccc3ccc(=O)oc3c2)C(O)C(O)C1O.[Na+]. The molecule has 10 heteroatoms. The van der Waals surface area contributed by atoms with E-state index in [0.717, 1.165) is 0 Å². The largest absolute Gasteiger partial charge is 1.00 e. The smallest absolute Gasteiger partial charge is 0.547 e. The molecule has 1 saturated heterocycles. The van der Waals surface area contributed by atoms with E-state index in [4.69, 9.17) is 13.9 Å². The first-order valence-corrected chi connectivity index (χ1v) is 6.98. The van der Waals surface area contributed by atoms with Crippen molar-refractivity contribution < 1.29 is 68.7 Å². The summed E-state index contributed by atoms with van der Waals surface area (Å²) in [5.41, 5.74) is -0.355. The first-order chi connectivity index (χ1) is 11.4. The van der Waals surface area contributed by atoms with Crippen LogP contribution < -0.4 is 45.0 Å². The van der Waals surface area contributed by atoms with E-state index in [9.17, 15) is 30.0 Å². The van der Waals surface area contributed by atoms with Gasteiger partial charge in [-0.3, -0.25) is 0 Å². The van der Waals surface area contributed by atoms with Crippen LogP contribution in [0.2, 0.25) is 0 Å². The number of carboxylic acids is 1. The molecule has 0 saturated carbocycles. The van der Waals surface area contributed by atoms with Gasteiger partial charge in [-0.2, -0.15) is 0 Å². The molecule has 5 atom stereocenters. The van der Waals surface area contributed by atoms with Crippen LogP contribution in [0.1, 0.15) is 0 Å². The summed E-state index contributed by atoms with van der Waals surface area (Å²) in [4.78, 5) is 22.2. The Morgan fingerprint density at radius 2 is 1.76 bits per heavy atom. The average Bonchev–Trinajstić information content (AvgIpc) is 2.54. The summed E-state index contributed by atoms with van der Waals surface area (Å²) in [5.74, 6) is -1.66. The Labute approximate surface area is 162 Å². The molecule has 3 rings (SSSR count). The van der Waals surface area contributed by atoms with Crippen LogP contribution in [0.5, 0.6) is 5.75 Å². The number of carbonyl (C=O) groups is 1. The second kappa shape index (κ2) is 7.83. The zero-order valence-electron chi connectivity index (χ0n) is 13.1. The molecule has 1 aliphatic heterocycles. The predicted molar refractivity (Wildman–Crippen MR) is 74.8 cm³/mol. The van der Waals surface area contributed by atoms with E-state index in [1.165, 1.54) is 18.2 Å². The van der Waals surface area contributed by atoms with E-state index in [1.54, 1.807) is 12.1 Å². The van der Waals surface area contributed by atoms with Gasteiger partial charge in [0.15, 0.2) is 0 Å². The summed E-state index contributed by atoms with van der Waals surface area (Å²) in [6, 6.07) is 7.19. The summed E-state index contributed by atoms with van der Waals surface area (Å²) in [6.07, 6.45) is -8.80. The Balaban J connectivity index is 0.00000225. The number of aliphatic carboxylic acids is 1. The van der Waals surface area contributed by atoms with Crippen molar-refractivity contribution in [3.05, 3.63) is 40.8 Å². The first-order valence-electron chi connectivity index (χ1n) is 6.98. The molecule has 0 radical (unpaired) electrons. The molecule has 3 N–H and O–H groups in total. The van der Waals surface area contributed by atoms with Gasteiger partial charge in [0.05, 0.1) is 5.97 Å². The molecule has 2 heterocycles. The molecule has 5 unspecified atom stereocenters. The van der Waals surface area contributed by atoms with Crippen molar-refractivity contribution in [2.75, 3.05) is 0 Å². The van der Waals surface area contributed by atoms with Crippen molar-refractivity contribution in [1.29, 1.82) is 0 Å². The van der Waals surface area contributed by atoms with Gasteiger partial charge in [-0.25, -0.2) is 4.79 Å². The van der Waals surface area contributed by atoms with Gasteiger partial charge in [0.1, 0.15) is 35.7 Å². The number of carbonyl (C=O) groups excluding carboxylic acids is 1. The second-order valence-electron chi connectivity index (χ2n) is 5.29. The zero-order valence-corrected chi connectivity index (χ0v) is 15.1. The fourth-order valence-corrected chi connectivity index (χ4v) is 2.39. The van der Waals surface area contributed by atoms with Crippen LogP contribution >= 0.6 is 0 Å². The van der Waals surface area contributed by atoms with E-state index in [-0.39, 0.29) is 40.9 Å². The number of aliphatic hydroxyl groups is 3. The molecular weight excluding hydrogens is 347 g/mol. The summed E-state index contributed by atoms with van der Waals surface area (Å²) in [5, 5.41) is 40.7. The quantitative estimate of drug-likeness (QED) is 0.360.